The molecule has 4 aromatic heterocycles. The molecule has 0 saturated heterocycles. The van der Waals surface area contributed by atoms with Gasteiger partial charge in [0.05, 0.1) is 0 Å². The number of hydrogen-bond donors (Lipinski definition) is 3. The molecule has 144 valence electrons. The van der Waals surface area contributed by atoms with Crippen LogP contribution in [0.1, 0.15) is 22.6 Å². The Balaban J connectivity index is 1.71. The Bertz CT molecular complexity index is 1180. The number of pyridine rings is 1. The van der Waals surface area contributed by atoms with Crippen LogP contribution in [0.15, 0.2) is 24.7 Å². The third-order valence-corrected chi connectivity index (χ3v) is 4.31. The van der Waals surface area contributed by atoms with Crippen molar-refractivity contribution in [3.8, 4) is 11.1 Å². The van der Waals surface area contributed by atoms with Gasteiger partial charge in [-0.2, -0.15) is 32.9 Å². The van der Waals surface area contributed by atoms with Gasteiger partial charge >= 0.3 is 6.18 Å². The largest absolute Gasteiger partial charge is 0.435 e. The molecule has 0 aromatic carbocycles. The fourth-order valence-corrected chi connectivity index (χ4v) is 2.97. The fraction of sp³-hybridized carbons (Fsp3) is 0.188. The molecule has 0 aliphatic carbocycles. The second-order valence-corrected chi connectivity index (χ2v) is 6.09. The van der Waals surface area contributed by atoms with Gasteiger partial charge in [0.2, 0.25) is 0 Å². The molecule has 28 heavy (non-hydrogen) atoms. The number of aromatic nitrogens is 7. The first-order valence-electron chi connectivity index (χ1n) is 8.07. The lowest BCUT2D eigenvalue weighted by atomic mass is 10.0. The van der Waals surface area contributed by atoms with Crippen molar-refractivity contribution in [2.45, 2.75) is 19.5 Å². The Morgan fingerprint density at radius 3 is 2.64 bits per heavy atom. The van der Waals surface area contributed by atoms with Gasteiger partial charge in [-0.1, -0.05) is 0 Å². The van der Waals surface area contributed by atoms with Crippen LogP contribution in [-0.2, 0) is 12.6 Å². The summed E-state index contributed by atoms with van der Waals surface area (Å²) in [6.45, 7) is 1.78. The second kappa shape index (κ2) is 6.18. The third-order valence-electron chi connectivity index (χ3n) is 4.31. The van der Waals surface area contributed by atoms with Gasteiger partial charge in [0.15, 0.2) is 5.69 Å². The van der Waals surface area contributed by atoms with Crippen molar-refractivity contribution in [3.05, 3.63) is 47.3 Å². The molecule has 0 aliphatic rings. The smallest absolute Gasteiger partial charge is 0.383 e. The lowest BCUT2D eigenvalue weighted by molar-refractivity contribution is -0.140. The van der Waals surface area contributed by atoms with Crippen LogP contribution in [0.2, 0.25) is 0 Å². The quantitative estimate of drug-likeness (QED) is 0.487. The number of rotatable bonds is 3. The number of anilines is 2. The average Bonchev–Trinajstić information content (AvgIpc) is 3.27. The minimum atomic E-state index is -4.61. The molecular weight excluding hydrogens is 375 g/mol. The molecule has 4 aromatic rings. The minimum Gasteiger partial charge on any atom is -0.383 e. The molecule has 0 spiro atoms. The van der Waals surface area contributed by atoms with Crippen LogP contribution in [0.4, 0.5) is 24.8 Å². The molecule has 9 nitrogen and oxygen atoms in total. The van der Waals surface area contributed by atoms with Gasteiger partial charge < -0.3 is 11.5 Å². The van der Waals surface area contributed by atoms with Gasteiger partial charge in [-0.05, 0) is 19.1 Å². The lowest BCUT2D eigenvalue weighted by Gasteiger charge is -2.12. The number of aryl methyl sites for hydroxylation is 1. The summed E-state index contributed by atoms with van der Waals surface area (Å²) in [6.07, 6.45) is -1.84. The molecule has 5 N–H and O–H groups in total. The summed E-state index contributed by atoms with van der Waals surface area (Å²) in [5.41, 5.74) is 12.9. The van der Waals surface area contributed by atoms with E-state index < -0.39 is 11.9 Å². The molecule has 4 heterocycles. The predicted molar refractivity (Wildman–Crippen MR) is 94.0 cm³/mol. The standard InChI is InChI=1S/C16H14F3N9/c1-7-10(14(21)28-15(25-7)22-6-24-28)4-8-2-3-9(13(20)26-8)11-5-23-27-12(11)16(17,18)19/h2-3,5-6H,4,21H2,1H3,(H2,20,26)(H,23,27). The molecule has 4 rings (SSSR count). The van der Waals surface area contributed by atoms with Crippen molar-refractivity contribution in [1.82, 2.24) is 34.8 Å². The Labute approximate surface area is 155 Å². The van der Waals surface area contributed by atoms with Crippen LogP contribution in [-0.4, -0.2) is 34.8 Å². The Kier molecular flexibility index (Phi) is 3.91. The number of nitrogens with one attached hydrogen (secondary N) is 1. The number of nitrogens with two attached hydrogens (primary N) is 2. The highest BCUT2D eigenvalue weighted by Crippen LogP contribution is 2.37. The Hall–Kier alpha value is -3.70. The maximum Gasteiger partial charge on any atom is 0.435 e. The first kappa shape index (κ1) is 17.7. The summed E-state index contributed by atoms with van der Waals surface area (Å²) in [6, 6.07) is 3.06. The Morgan fingerprint density at radius 2 is 1.93 bits per heavy atom. The zero-order chi connectivity index (χ0) is 20.1. The van der Waals surface area contributed by atoms with Gasteiger partial charge in [-0.25, -0.2) is 9.97 Å². The van der Waals surface area contributed by atoms with Gasteiger partial charge in [0, 0.05) is 40.7 Å². The van der Waals surface area contributed by atoms with Crippen LogP contribution in [0.25, 0.3) is 16.9 Å². The summed E-state index contributed by atoms with van der Waals surface area (Å²) in [5, 5.41) is 9.50. The van der Waals surface area contributed by atoms with Gasteiger partial charge in [0.1, 0.15) is 18.0 Å². The normalized spacial score (nSPS) is 12.0. The SMILES string of the molecule is Cc1nc2ncnn2c(N)c1Cc1ccc(-c2c[nH]nc2C(F)(F)F)c(N)n1. The molecule has 0 fully saturated rings. The summed E-state index contributed by atoms with van der Waals surface area (Å²) in [5.74, 6) is 0.690. The molecule has 0 atom stereocenters. The van der Waals surface area contributed by atoms with E-state index >= 15 is 0 Å². The van der Waals surface area contributed by atoms with E-state index in [4.69, 9.17) is 11.5 Å². The van der Waals surface area contributed by atoms with Crippen LogP contribution >= 0.6 is 0 Å². The van der Waals surface area contributed by atoms with E-state index in [9.17, 15) is 13.2 Å². The van der Waals surface area contributed by atoms with Crippen LogP contribution in [0.3, 0.4) is 0 Å². The van der Waals surface area contributed by atoms with Crippen LogP contribution < -0.4 is 11.5 Å². The number of aromatic amines is 1. The van der Waals surface area contributed by atoms with E-state index in [0.717, 1.165) is 6.20 Å². The van der Waals surface area contributed by atoms with Crippen molar-refractivity contribution in [1.29, 1.82) is 0 Å². The highest BCUT2D eigenvalue weighted by atomic mass is 19.4. The van der Waals surface area contributed by atoms with E-state index in [-0.39, 0.29) is 23.4 Å². The number of nitrogens with zero attached hydrogens (tertiary/aromatic N) is 6. The van der Waals surface area contributed by atoms with Crippen molar-refractivity contribution in [3.63, 3.8) is 0 Å². The number of nitrogen functional groups attached to an aromatic ring is 2. The van der Waals surface area contributed by atoms with Gasteiger partial charge in [-0.3, -0.25) is 5.10 Å². The molecule has 0 unspecified atom stereocenters. The number of halogens is 3. The van der Waals surface area contributed by atoms with E-state index in [1.54, 1.807) is 13.0 Å². The van der Waals surface area contributed by atoms with Crippen LogP contribution in [0.5, 0.6) is 0 Å². The van der Waals surface area contributed by atoms with Gasteiger partial charge in [0.25, 0.3) is 5.78 Å². The summed E-state index contributed by atoms with van der Waals surface area (Å²) in [7, 11) is 0. The number of H-pyrrole nitrogens is 1. The number of alkyl halides is 3. The average molecular weight is 389 g/mol. The molecule has 0 aliphatic heterocycles. The van der Waals surface area contributed by atoms with E-state index in [0.29, 0.717) is 28.5 Å². The van der Waals surface area contributed by atoms with Gasteiger partial charge in [-0.15, -0.1) is 0 Å². The molecule has 0 saturated carbocycles. The first-order chi connectivity index (χ1) is 13.3. The number of hydrogen-bond acceptors (Lipinski definition) is 7. The molecule has 0 radical (unpaired) electrons. The second-order valence-electron chi connectivity index (χ2n) is 6.09. The third kappa shape index (κ3) is 2.88. The monoisotopic (exact) mass is 389 g/mol. The van der Waals surface area contributed by atoms with E-state index in [2.05, 4.69) is 30.2 Å². The van der Waals surface area contributed by atoms with Crippen molar-refractivity contribution in [2.24, 2.45) is 0 Å². The predicted octanol–water partition coefficient (Wildman–Crippen LogP) is 1.99. The zero-order valence-electron chi connectivity index (χ0n) is 14.5. The maximum atomic E-state index is 13.1. The number of fused-ring (bicyclic) bond motifs is 1. The highest BCUT2D eigenvalue weighted by Gasteiger charge is 2.37. The topological polar surface area (TPSA) is 137 Å². The lowest BCUT2D eigenvalue weighted by Crippen LogP contribution is -2.10. The van der Waals surface area contributed by atoms with Crippen molar-refractivity contribution in [2.75, 3.05) is 11.5 Å². The van der Waals surface area contributed by atoms with E-state index in [1.807, 2.05) is 0 Å². The minimum absolute atomic E-state index is 0.0459. The van der Waals surface area contributed by atoms with Crippen molar-refractivity contribution < 1.29 is 13.2 Å². The summed E-state index contributed by atoms with van der Waals surface area (Å²) >= 11 is 0. The van der Waals surface area contributed by atoms with E-state index in [1.165, 1.54) is 16.9 Å². The highest BCUT2D eigenvalue weighted by molar-refractivity contribution is 5.75. The molecule has 0 amide bonds. The molecular formula is C16H14F3N9. The van der Waals surface area contributed by atoms with Crippen molar-refractivity contribution >= 4 is 17.4 Å². The summed E-state index contributed by atoms with van der Waals surface area (Å²) < 4.78 is 40.6. The molecule has 0 bridgehead atoms. The fourth-order valence-electron chi connectivity index (χ4n) is 2.97. The molecule has 12 heteroatoms. The van der Waals surface area contributed by atoms with Crippen LogP contribution in [0, 0.1) is 6.92 Å². The zero-order valence-corrected chi connectivity index (χ0v) is 14.5. The summed E-state index contributed by atoms with van der Waals surface area (Å²) in [4.78, 5) is 12.6. The maximum absolute atomic E-state index is 13.1. The first-order valence-corrected chi connectivity index (χ1v) is 8.07. The Morgan fingerprint density at radius 1 is 1.14 bits per heavy atom.